The Labute approximate surface area is 216 Å². The fourth-order valence-corrected chi connectivity index (χ4v) is 3.84. The van der Waals surface area contributed by atoms with E-state index in [0.717, 1.165) is 35.2 Å². The SMILES string of the molecule is COc1cc(NC(C)CCCNC(=O)c2ccc(Cl)cc2NC(=O)OC(C)(C)C)c2ncccc2c1. The van der Waals surface area contributed by atoms with Crippen molar-refractivity contribution in [1.29, 1.82) is 0 Å². The number of methoxy groups -OCH3 is 1. The van der Waals surface area contributed by atoms with Crippen LogP contribution in [-0.2, 0) is 4.74 Å². The van der Waals surface area contributed by atoms with E-state index in [2.05, 4.69) is 27.9 Å². The number of nitrogens with zero attached hydrogens (tertiary/aromatic N) is 1. The molecule has 192 valence electrons. The van der Waals surface area contributed by atoms with Crippen LogP contribution in [0.25, 0.3) is 10.9 Å². The average Bonchev–Trinajstić information content (AvgIpc) is 2.80. The molecule has 0 fully saturated rings. The second-order valence-electron chi connectivity index (χ2n) is 9.51. The van der Waals surface area contributed by atoms with Gasteiger partial charge in [-0.15, -0.1) is 0 Å². The number of aromatic nitrogens is 1. The van der Waals surface area contributed by atoms with Gasteiger partial charge >= 0.3 is 6.09 Å². The number of fused-ring (bicyclic) bond motifs is 1. The Hall–Kier alpha value is -3.52. The predicted molar refractivity (Wildman–Crippen MR) is 144 cm³/mol. The number of pyridine rings is 1. The molecule has 1 atom stereocenters. The maximum Gasteiger partial charge on any atom is 0.412 e. The number of halogens is 1. The van der Waals surface area contributed by atoms with Crippen LogP contribution in [0.1, 0.15) is 50.9 Å². The lowest BCUT2D eigenvalue weighted by Gasteiger charge is -2.20. The molecule has 0 aliphatic rings. The molecular formula is C27H33ClN4O4. The van der Waals surface area contributed by atoms with Gasteiger partial charge in [0.2, 0.25) is 0 Å². The van der Waals surface area contributed by atoms with Crippen LogP contribution < -0.4 is 20.7 Å². The van der Waals surface area contributed by atoms with E-state index in [1.165, 1.54) is 6.07 Å². The molecule has 3 aromatic rings. The first-order valence-electron chi connectivity index (χ1n) is 11.8. The van der Waals surface area contributed by atoms with Crippen molar-refractivity contribution in [3.8, 4) is 5.75 Å². The van der Waals surface area contributed by atoms with Gasteiger partial charge in [-0.05, 0) is 70.9 Å². The van der Waals surface area contributed by atoms with Crippen LogP contribution >= 0.6 is 11.6 Å². The number of amides is 2. The molecule has 0 aliphatic heterocycles. The first-order valence-corrected chi connectivity index (χ1v) is 12.2. The summed E-state index contributed by atoms with van der Waals surface area (Å²) in [5, 5.41) is 10.4. The van der Waals surface area contributed by atoms with Crippen LogP contribution in [0.4, 0.5) is 16.2 Å². The summed E-state index contributed by atoms with van der Waals surface area (Å²) in [5.41, 5.74) is 1.72. The van der Waals surface area contributed by atoms with Crippen LogP contribution in [0, 0.1) is 0 Å². The van der Waals surface area contributed by atoms with Gasteiger partial charge in [-0.3, -0.25) is 15.1 Å². The minimum Gasteiger partial charge on any atom is -0.497 e. The normalized spacial score (nSPS) is 12.1. The average molecular weight is 513 g/mol. The summed E-state index contributed by atoms with van der Waals surface area (Å²) < 4.78 is 10.7. The van der Waals surface area contributed by atoms with Crippen LogP contribution in [0.5, 0.6) is 5.75 Å². The lowest BCUT2D eigenvalue weighted by Crippen LogP contribution is -2.29. The summed E-state index contributed by atoms with van der Waals surface area (Å²) in [6, 6.07) is 12.6. The van der Waals surface area contributed by atoms with E-state index in [9.17, 15) is 9.59 Å². The molecule has 2 aromatic carbocycles. The van der Waals surface area contributed by atoms with Crippen molar-refractivity contribution in [2.45, 2.75) is 52.2 Å². The van der Waals surface area contributed by atoms with Gasteiger partial charge in [0.1, 0.15) is 11.4 Å². The predicted octanol–water partition coefficient (Wildman–Crippen LogP) is 6.25. The molecule has 9 heteroatoms. The standard InChI is InChI=1S/C27H33ClN4O4/c1-17(31-23-16-20(35-5)14-18-9-7-12-29-24(18)23)8-6-13-30-25(33)21-11-10-19(28)15-22(21)32-26(34)36-27(2,3)4/h7,9-12,14-17,31H,6,8,13H2,1-5H3,(H,30,33)(H,32,34). The summed E-state index contributed by atoms with van der Waals surface area (Å²) in [4.78, 5) is 29.5. The van der Waals surface area contributed by atoms with Crippen molar-refractivity contribution in [2.75, 3.05) is 24.3 Å². The number of benzene rings is 2. The summed E-state index contributed by atoms with van der Waals surface area (Å²) in [5.74, 6) is 0.456. The molecule has 3 N–H and O–H groups in total. The lowest BCUT2D eigenvalue weighted by atomic mass is 10.1. The molecule has 36 heavy (non-hydrogen) atoms. The molecule has 1 heterocycles. The van der Waals surface area contributed by atoms with E-state index in [-0.39, 0.29) is 11.9 Å². The number of ether oxygens (including phenoxy) is 2. The van der Waals surface area contributed by atoms with E-state index in [1.807, 2.05) is 24.3 Å². The quantitative estimate of drug-likeness (QED) is 0.293. The van der Waals surface area contributed by atoms with Crippen LogP contribution in [0.3, 0.4) is 0 Å². The Bertz CT molecular complexity index is 1230. The zero-order valence-electron chi connectivity index (χ0n) is 21.3. The number of hydrogen-bond donors (Lipinski definition) is 3. The van der Waals surface area contributed by atoms with Gasteiger partial charge < -0.3 is 20.1 Å². The largest absolute Gasteiger partial charge is 0.497 e. The number of rotatable bonds is 9. The van der Waals surface area contributed by atoms with E-state index in [1.54, 1.807) is 46.2 Å². The molecule has 2 amide bonds. The fraction of sp³-hybridized carbons (Fsp3) is 0.370. The van der Waals surface area contributed by atoms with Gasteiger partial charge in [-0.1, -0.05) is 17.7 Å². The third kappa shape index (κ3) is 7.75. The summed E-state index contributed by atoms with van der Waals surface area (Å²) >= 11 is 6.08. The minimum atomic E-state index is -0.664. The van der Waals surface area contributed by atoms with Crippen molar-refractivity contribution >= 4 is 45.9 Å². The molecule has 3 rings (SSSR count). The highest BCUT2D eigenvalue weighted by atomic mass is 35.5. The molecule has 0 saturated carbocycles. The van der Waals surface area contributed by atoms with Gasteiger partial charge in [0, 0.05) is 35.3 Å². The van der Waals surface area contributed by atoms with Gasteiger partial charge in [-0.25, -0.2) is 4.79 Å². The molecule has 0 radical (unpaired) electrons. The van der Waals surface area contributed by atoms with E-state index < -0.39 is 11.7 Å². The van der Waals surface area contributed by atoms with E-state index in [0.29, 0.717) is 22.8 Å². The number of nitrogens with one attached hydrogen (secondary N) is 3. The zero-order valence-corrected chi connectivity index (χ0v) is 22.0. The second-order valence-corrected chi connectivity index (χ2v) is 9.95. The number of hydrogen-bond acceptors (Lipinski definition) is 6. The minimum absolute atomic E-state index is 0.138. The summed E-state index contributed by atoms with van der Waals surface area (Å²) in [6.45, 7) is 7.85. The van der Waals surface area contributed by atoms with Crippen molar-refractivity contribution in [3.05, 3.63) is 59.2 Å². The van der Waals surface area contributed by atoms with Crippen LogP contribution in [-0.4, -0.2) is 42.3 Å². The molecule has 1 aromatic heterocycles. The Balaban J connectivity index is 1.55. The highest BCUT2D eigenvalue weighted by Gasteiger charge is 2.19. The van der Waals surface area contributed by atoms with Crippen molar-refractivity contribution in [3.63, 3.8) is 0 Å². The molecule has 1 unspecified atom stereocenters. The number of carbonyl (C=O) groups excluding carboxylic acids is 2. The first-order chi connectivity index (χ1) is 17.1. The fourth-order valence-electron chi connectivity index (χ4n) is 3.67. The molecule has 8 nitrogen and oxygen atoms in total. The van der Waals surface area contributed by atoms with Gasteiger partial charge in [0.25, 0.3) is 5.91 Å². The summed E-state index contributed by atoms with van der Waals surface area (Å²) in [7, 11) is 1.64. The van der Waals surface area contributed by atoms with Crippen molar-refractivity contribution < 1.29 is 19.1 Å². The third-order valence-electron chi connectivity index (χ3n) is 5.28. The molecule has 0 bridgehead atoms. The zero-order chi connectivity index (χ0) is 26.3. The first kappa shape index (κ1) is 27.1. The maximum absolute atomic E-state index is 12.8. The Morgan fingerprint density at radius 1 is 1.11 bits per heavy atom. The Morgan fingerprint density at radius 3 is 2.61 bits per heavy atom. The molecular weight excluding hydrogens is 480 g/mol. The van der Waals surface area contributed by atoms with E-state index >= 15 is 0 Å². The van der Waals surface area contributed by atoms with Gasteiger partial charge in [-0.2, -0.15) is 0 Å². The smallest absolute Gasteiger partial charge is 0.412 e. The highest BCUT2D eigenvalue weighted by molar-refractivity contribution is 6.31. The number of carbonyl (C=O) groups is 2. The van der Waals surface area contributed by atoms with Crippen molar-refractivity contribution in [2.24, 2.45) is 0 Å². The van der Waals surface area contributed by atoms with Crippen molar-refractivity contribution in [1.82, 2.24) is 10.3 Å². The Morgan fingerprint density at radius 2 is 1.89 bits per heavy atom. The highest BCUT2D eigenvalue weighted by Crippen LogP contribution is 2.28. The summed E-state index contributed by atoms with van der Waals surface area (Å²) in [6.07, 6.45) is 2.67. The van der Waals surface area contributed by atoms with Gasteiger partial charge in [0.15, 0.2) is 0 Å². The molecule has 0 saturated heterocycles. The molecule has 0 spiro atoms. The number of anilines is 2. The maximum atomic E-state index is 12.8. The van der Waals surface area contributed by atoms with Crippen LogP contribution in [0.2, 0.25) is 5.02 Å². The Kier molecular flexibility index (Phi) is 8.98. The van der Waals surface area contributed by atoms with E-state index in [4.69, 9.17) is 21.1 Å². The monoisotopic (exact) mass is 512 g/mol. The third-order valence-corrected chi connectivity index (χ3v) is 5.51. The topological polar surface area (TPSA) is 102 Å². The van der Waals surface area contributed by atoms with Crippen LogP contribution in [0.15, 0.2) is 48.7 Å². The lowest BCUT2D eigenvalue weighted by molar-refractivity contribution is 0.0636. The molecule has 0 aliphatic carbocycles. The van der Waals surface area contributed by atoms with Gasteiger partial charge in [0.05, 0.1) is 29.6 Å². The second kappa shape index (κ2) is 11.9.